The van der Waals surface area contributed by atoms with Gasteiger partial charge in [0.1, 0.15) is 5.02 Å². The zero-order chi connectivity index (χ0) is 15.1. The van der Waals surface area contributed by atoms with Crippen LogP contribution in [0.25, 0.3) is 0 Å². The lowest BCUT2D eigenvalue weighted by Gasteiger charge is -2.08. The number of halogens is 3. The van der Waals surface area contributed by atoms with E-state index in [2.05, 4.69) is 0 Å². The summed E-state index contributed by atoms with van der Waals surface area (Å²) in [6.07, 6.45) is 0.570. The lowest BCUT2D eigenvalue weighted by atomic mass is 10.3. The molecule has 1 rings (SSSR count). The third-order valence-electron chi connectivity index (χ3n) is 2.18. The van der Waals surface area contributed by atoms with E-state index in [4.69, 9.17) is 44.3 Å². The third-order valence-corrected chi connectivity index (χ3v) is 3.19. The van der Waals surface area contributed by atoms with Crippen molar-refractivity contribution in [2.75, 3.05) is 6.61 Å². The van der Waals surface area contributed by atoms with Crippen LogP contribution in [0.5, 0.6) is 5.75 Å². The molecule has 110 valence electrons. The van der Waals surface area contributed by atoms with Crippen molar-refractivity contribution in [2.24, 2.45) is 0 Å². The Kier molecular flexibility index (Phi) is 7.13. The van der Waals surface area contributed by atoms with E-state index in [9.17, 15) is 9.59 Å². The van der Waals surface area contributed by atoms with Crippen molar-refractivity contribution in [3.8, 4) is 5.75 Å². The normalized spacial score (nSPS) is 10.2. The summed E-state index contributed by atoms with van der Waals surface area (Å²) >= 11 is 17.5. The van der Waals surface area contributed by atoms with Crippen LogP contribution in [0, 0.1) is 0 Å². The van der Waals surface area contributed by atoms with Crippen LogP contribution < -0.4 is 4.74 Å². The fourth-order valence-corrected chi connectivity index (χ4v) is 1.89. The molecule has 0 aliphatic rings. The predicted molar refractivity (Wildman–Crippen MR) is 77.6 cm³/mol. The molecular weight excluding hydrogens is 326 g/mol. The maximum absolute atomic E-state index is 11.6. The summed E-state index contributed by atoms with van der Waals surface area (Å²) in [5.74, 6) is -0.992. The van der Waals surface area contributed by atoms with Crippen molar-refractivity contribution in [3.05, 3.63) is 27.2 Å². The van der Waals surface area contributed by atoms with E-state index in [1.165, 1.54) is 12.1 Å². The zero-order valence-electron chi connectivity index (χ0n) is 10.8. The Morgan fingerprint density at radius 2 is 1.75 bits per heavy atom. The average Bonchev–Trinajstić information content (AvgIpc) is 2.39. The second-order valence-electron chi connectivity index (χ2n) is 3.89. The summed E-state index contributed by atoms with van der Waals surface area (Å²) < 4.78 is 9.85. The first kappa shape index (κ1) is 17.1. The maximum Gasteiger partial charge on any atom is 0.311 e. The van der Waals surface area contributed by atoms with Crippen molar-refractivity contribution in [1.29, 1.82) is 0 Å². The van der Waals surface area contributed by atoms with Gasteiger partial charge in [-0.2, -0.15) is 0 Å². The molecule has 0 aliphatic carbocycles. The van der Waals surface area contributed by atoms with Gasteiger partial charge in [0.2, 0.25) is 0 Å². The molecule has 0 saturated heterocycles. The second-order valence-corrected chi connectivity index (χ2v) is 5.12. The number of hydrogen-bond acceptors (Lipinski definition) is 4. The standard InChI is InChI=1S/C13H13Cl3O4/c1-2-5-19-11(17)3-4-12(18)20-10-7-8(14)6-9(15)13(10)16/h6-7H,2-5H2,1H3. The molecule has 0 saturated carbocycles. The average molecular weight is 340 g/mol. The molecule has 4 nitrogen and oxygen atoms in total. The van der Waals surface area contributed by atoms with E-state index in [0.717, 1.165) is 6.42 Å². The van der Waals surface area contributed by atoms with E-state index >= 15 is 0 Å². The number of carbonyl (C=O) groups excluding carboxylic acids is 2. The molecule has 0 aromatic heterocycles. The summed E-state index contributed by atoms with van der Waals surface area (Å²) in [4.78, 5) is 22.8. The van der Waals surface area contributed by atoms with Crippen molar-refractivity contribution in [1.82, 2.24) is 0 Å². The summed E-state index contributed by atoms with van der Waals surface area (Å²) in [6.45, 7) is 2.22. The molecule has 1 aromatic rings. The Labute approximate surface area is 131 Å². The first-order valence-electron chi connectivity index (χ1n) is 5.95. The van der Waals surface area contributed by atoms with Crippen LogP contribution in [0.2, 0.25) is 15.1 Å². The van der Waals surface area contributed by atoms with E-state index in [-0.39, 0.29) is 28.6 Å². The number of esters is 2. The number of rotatable bonds is 6. The molecule has 7 heteroatoms. The molecule has 0 radical (unpaired) electrons. The monoisotopic (exact) mass is 338 g/mol. The Morgan fingerprint density at radius 3 is 2.40 bits per heavy atom. The highest BCUT2D eigenvalue weighted by Crippen LogP contribution is 2.35. The highest BCUT2D eigenvalue weighted by molar-refractivity contribution is 6.44. The number of ether oxygens (including phenoxy) is 2. The van der Waals surface area contributed by atoms with Crippen LogP contribution in [0.15, 0.2) is 12.1 Å². The Hall–Kier alpha value is -0.970. The molecule has 0 heterocycles. The highest BCUT2D eigenvalue weighted by Gasteiger charge is 2.14. The van der Waals surface area contributed by atoms with Crippen LogP contribution >= 0.6 is 34.8 Å². The lowest BCUT2D eigenvalue weighted by molar-refractivity contribution is -0.146. The van der Waals surface area contributed by atoms with Crippen molar-refractivity contribution < 1.29 is 19.1 Å². The van der Waals surface area contributed by atoms with Gasteiger partial charge in [0, 0.05) is 11.1 Å². The molecule has 20 heavy (non-hydrogen) atoms. The number of benzene rings is 1. The molecule has 0 spiro atoms. The third kappa shape index (κ3) is 5.57. The van der Waals surface area contributed by atoms with E-state index < -0.39 is 11.9 Å². The van der Waals surface area contributed by atoms with Gasteiger partial charge in [0.25, 0.3) is 0 Å². The van der Waals surface area contributed by atoms with Crippen LogP contribution in [0.4, 0.5) is 0 Å². The lowest BCUT2D eigenvalue weighted by Crippen LogP contribution is -2.12. The first-order chi connectivity index (χ1) is 9.43. The fourth-order valence-electron chi connectivity index (χ4n) is 1.27. The van der Waals surface area contributed by atoms with Gasteiger partial charge in [-0.15, -0.1) is 0 Å². The smallest absolute Gasteiger partial charge is 0.311 e. The van der Waals surface area contributed by atoms with Gasteiger partial charge in [0.15, 0.2) is 5.75 Å². The number of carbonyl (C=O) groups is 2. The molecule has 0 amide bonds. The molecule has 1 aromatic carbocycles. The van der Waals surface area contributed by atoms with Crippen LogP contribution in [-0.2, 0) is 14.3 Å². The SMILES string of the molecule is CCCOC(=O)CCC(=O)Oc1cc(Cl)cc(Cl)c1Cl. The second kappa shape index (κ2) is 8.35. The van der Waals surface area contributed by atoms with E-state index in [1.807, 2.05) is 6.92 Å². The van der Waals surface area contributed by atoms with Crippen molar-refractivity contribution in [2.45, 2.75) is 26.2 Å². The minimum absolute atomic E-state index is 0.0508. The van der Waals surface area contributed by atoms with Crippen molar-refractivity contribution in [3.63, 3.8) is 0 Å². The van der Waals surface area contributed by atoms with Crippen molar-refractivity contribution >= 4 is 46.7 Å². The summed E-state index contributed by atoms with van der Waals surface area (Å²) in [5.41, 5.74) is 0. The van der Waals surface area contributed by atoms with Gasteiger partial charge < -0.3 is 9.47 Å². The quantitative estimate of drug-likeness (QED) is 0.441. The predicted octanol–water partition coefficient (Wildman–Crippen LogP) is 4.29. The minimum Gasteiger partial charge on any atom is -0.466 e. The maximum atomic E-state index is 11.6. The fraction of sp³-hybridized carbons (Fsp3) is 0.385. The summed E-state index contributed by atoms with van der Waals surface area (Å²) in [6, 6.07) is 2.81. The van der Waals surface area contributed by atoms with Crippen LogP contribution in [-0.4, -0.2) is 18.5 Å². The van der Waals surface area contributed by atoms with Gasteiger partial charge in [-0.05, 0) is 12.5 Å². The molecule has 0 fully saturated rings. The Balaban J connectivity index is 2.53. The van der Waals surface area contributed by atoms with Gasteiger partial charge in [0.05, 0.1) is 24.5 Å². The first-order valence-corrected chi connectivity index (χ1v) is 7.08. The van der Waals surface area contributed by atoms with Gasteiger partial charge in [-0.1, -0.05) is 41.7 Å². The summed E-state index contributed by atoms with van der Waals surface area (Å²) in [7, 11) is 0. The van der Waals surface area contributed by atoms with Gasteiger partial charge >= 0.3 is 11.9 Å². The highest BCUT2D eigenvalue weighted by atomic mass is 35.5. The van der Waals surface area contributed by atoms with E-state index in [1.54, 1.807) is 0 Å². The zero-order valence-corrected chi connectivity index (χ0v) is 13.0. The van der Waals surface area contributed by atoms with Gasteiger partial charge in [-0.3, -0.25) is 9.59 Å². The summed E-state index contributed by atoms with van der Waals surface area (Å²) in [5, 5.41) is 0.576. The topological polar surface area (TPSA) is 52.6 Å². The van der Waals surface area contributed by atoms with Crippen LogP contribution in [0.3, 0.4) is 0 Å². The largest absolute Gasteiger partial charge is 0.466 e. The molecule has 0 atom stereocenters. The molecule has 0 bridgehead atoms. The molecule has 0 N–H and O–H groups in total. The minimum atomic E-state index is -0.612. The molecule has 0 aliphatic heterocycles. The van der Waals surface area contributed by atoms with E-state index in [0.29, 0.717) is 11.6 Å². The Bertz CT molecular complexity index is 503. The number of hydrogen-bond donors (Lipinski definition) is 0. The molecular formula is C13H13Cl3O4. The van der Waals surface area contributed by atoms with Crippen LogP contribution in [0.1, 0.15) is 26.2 Å². The molecule has 0 unspecified atom stereocenters. The Morgan fingerprint density at radius 1 is 1.10 bits per heavy atom. The van der Waals surface area contributed by atoms with Gasteiger partial charge in [-0.25, -0.2) is 0 Å².